The zero-order valence-electron chi connectivity index (χ0n) is 26.6. The summed E-state index contributed by atoms with van der Waals surface area (Å²) in [6.45, 7) is 6.58. The van der Waals surface area contributed by atoms with Crippen LogP contribution in [-0.2, 0) is 0 Å². The topological polar surface area (TPSA) is 43.9 Å². The SMILES string of the molecule is [2H]C([2H])([2H])c1ccc(-c2nc3ccccc3n2-c2c(C(C)C)cc(-c3ccccc3)cc2C(C)C)c2oc3ncccc3c12. The Hall–Kier alpha value is -4.70. The zero-order chi connectivity index (χ0) is 30.7. The van der Waals surface area contributed by atoms with Crippen molar-refractivity contribution in [3.8, 4) is 28.2 Å². The van der Waals surface area contributed by atoms with E-state index in [1.54, 1.807) is 18.3 Å². The van der Waals surface area contributed by atoms with Crippen LogP contribution in [0.15, 0.2) is 102 Å². The van der Waals surface area contributed by atoms with E-state index >= 15 is 0 Å². The molecule has 0 atom stereocenters. The van der Waals surface area contributed by atoms with Gasteiger partial charge in [-0.1, -0.05) is 76.2 Å². The molecular formula is C37H33N3O. The Morgan fingerprint density at radius 1 is 0.780 bits per heavy atom. The highest BCUT2D eigenvalue weighted by molar-refractivity contribution is 6.10. The Morgan fingerprint density at radius 3 is 2.24 bits per heavy atom. The zero-order valence-corrected chi connectivity index (χ0v) is 23.6. The van der Waals surface area contributed by atoms with Crippen LogP contribution in [0.2, 0.25) is 0 Å². The highest BCUT2D eigenvalue weighted by atomic mass is 16.3. The number of fused-ring (bicyclic) bond motifs is 4. The average Bonchev–Trinajstić information content (AvgIpc) is 3.59. The normalized spacial score (nSPS) is 13.4. The van der Waals surface area contributed by atoms with Crippen LogP contribution in [-0.4, -0.2) is 14.5 Å². The second-order valence-corrected chi connectivity index (χ2v) is 11.3. The molecule has 0 spiro atoms. The van der Waals surface area contributed by atoms with Crippen molar-refractivity contribution >= 4 is 33.1 Å². The smallest absolute Gasteiger partial charge is 0.227 e. The molecule has 4 aromatic carbocycles. The molecule has 0 unspecified atom stereocenters. The summed E-state index contributed by atoms with van der Waals surface area (Å²) in [6, 6.07) is 30.5. The molecule has 0 amide bonds. The molecule has 202 valence electrons. The van der Waals surface area contributed by atoms with E-state index in [-0.39, 0.29) is 17.4 Å². The molecule has 3 heterocycles. The third-order valence-corrected chi connectivity index (χ3v) is 7.94. The maximum absolute atomic E-state index is 8.30. The monoisotopic (exact) mass is 538 g/mol. The Bertz CT molecular complexity index is 2140. The number of aryl methyl sites for hydroxylation is 1. The summed E-state index contributed by atoms with van der Waals surface area (Å²) in [7, 11) is 0. The lowest BCUT2D eigenvalue weighted by molar-refractivity contribution is 0.654. The van der Waals surface area contributed by atoms with Crippen molar-refractivity contribution in [3.63, 3.8) is 0 Å². The molecule has 0 N–H and O–H groups in total. The first-order chi connectivity index (χ1) is 21.1. The summed E-state index contributed by atoms with van der Waals surface area (Å²) in [5.74, 6) is 1.13. The number of furan rings is 1. The van der Waals surface area contributed by atoms with Gasteiger partial charge < -0.3 is 4.42 Å². The molecule has 0 bridgehead atoms. The van der Waals surface area contributed by atoms with Gasteiger partial charge in [-0.2, -0.15) is 0 Å². The molecule has 0 fully saturated rings. The number of hydrogen-bond acceptors (Lipinski definition) is 3. The Morgan fingerprint density at radius 2 is 1.51 bits per heavy atom. The van der Waals surface area contributed by atoms with Gasteiger partial charge in [0, 0.05) is 21.1 Å². The van der Waals surface area contributed by atoms with Crippen LogP contribution in [0.3, 0.4) is 0 Å². The van der Waals surface area contributed by atoms with Crippen LogP contribution in [0.5, 0.6) is 0 Å². The molecule has 3 aromatic heterocycles. The van der Waals surface area contributed by atoms with Crippen molar-refractivity contribution in [1.82, 2.24) is 14.5 Å². The van der Waals surface area contributed by atoms with Gasteiger partial charge >= 0.3 is 0 Å². The second kappa shape index (κ2) is 9.74. The van der Waals surface area contributed by atoms with E-state index in [4.69, 9.17) is 13.5 Å². The number of rotatable bonds is 5. The van der Waals surface area contributed by atoms with Crippen LogP contribution in [0.4, 0.5) is 0 Å². The average molecular weight is 539 g/mol. The summed E-state index contributed by atoms with van der Waals surface area (Å²) in [5, 5.41) is 1.23. The maximum Gasteiger partial charge on any atom is 0.227 e. The van der Waals surface area contributed by atoms with Crippen molar-refractivity contribution in [2.45, 2.75) is 46.4 Å². The number of hydrogen-bond donors (Lipinski definition) is 0. The lowest BCUT2D eigenvalue weighted by Crippen LogP contribution is -2.09. The summed E-state index contributed by atoms with van der Waals surface area (Å²) < 4.78 is 33.5. The van der Waals surface area contributed by atoms with Crippen molar-refractivity contribution in [2.75, 3.05) is 0 Å². The molecule has 7 rings (SSSR count). The first-order valence-electron chi connectivity index (χ1n) is 15.7. The van der Waals surface area contributed by atoms with Crippen LogP contribution in [0, 0.1) is 6.85 Å². The largest absolute Gasteiger partial charge is 0.437 e. The van der Waals surface area contributed by atoms with Crippen molar-refractivity contribution in [2.24, 2.45) is 0 Å². The van der Waals surface area contributed by atoms with Gasteiger partial charge in [-0.05, 0) is 89.0 Å². The van der Waals surface area contributed by atoms with Gasteiger partial charge in [0.05, 0.1) is 22.3 Å². The van der Waals surface area contributed by atoms with Crippen molar-refractivity contribution < 1.29 is 8.53 Å². The second-order valence-electron chi connectivity index (χ2n) is 11.3. The first-order valence-corrected chi connectivity index (χ1v) is 14.2. The van der Waals surface area contributed by atoms with Crippen LogP contribution < -0.4 is 0 Å². The fourth-order valence-corrected chi connectivity index (χ4v) is 5.94. The molecule has 4 nitrogen and oxygen atoms in total. The van der Waals surface area contributed by atoms with E-state index in [9.17, 15) is 0 Å². The quantitative estimate of drug-likeness (QED) is 0.219. The first kappa shape index (κ1) is 22.0. The van der Waals surface area contributed by atoms with Crippen LogP contribution >= 0.6 is 0 Å². The maximum atomic E-state index is 8.30. The van der Waals surface area contributed by atoms with Crippen LogP contribution in [0.1, 0.15) is 60.3 Å². The van der Waals surface area contributed by atoms with E-state index in [1.165, 1.54) is 22.3 Å². The van der Waals surface area contributed by atoms with E-state index in [0.717, 1.165) is 22.3 Å². The molecule has 0 aliphatic rings. The predicted octanol–water partition coefficient (Wildman–Crippen LogP) is 10.2. The highest BCUT2D eigenvalue weighted by Gasteiger charge is 2.25. The van der Waals surface area contributed by atoms with Crippen molar-refractivity contribution in [1.29, 1.82) is 0 Å². The van der Waals surface area contributed by atoms with Gasteiger partial charge in [-0.15, -0.1) is 0 Å². The van der Waals surface area contributed by atoms with E-state index in [2.05, 4.69) is 79.7 Å². The lowest BCUT2D eigenvalue weighted by Gasteiger charge is -2.24. The number of aromatic nitrogens is 3. The van der Waals surface area contributed by atoms with Gasteiger partial charge in [0.15, 0.2) is 0 Å². The minimum absolute atomic E-state index is 0.216. The Labute approximate surface area is 244 Å². The summed E-state index contributed by atoms with van der Waals surface area (Å²) in [4.78, 5) is 9.63. The molecule has 41 heavy (non-hydrogen) atoms. The molecule has 4 heteroatoms. The molecule has 7 aromatic rings. The van der Waals surface area contributed by atoms with Gasteiger partial charge in [0.25, 0.3) is 0 Å². The number of para-hydroxylation sites is 2. The number of benzene rings is 4. The summed E-state index contributed by atoms with van der Waals surface area (Å²) in [6.07, 6.45) is 1.66. The number of nitrogens with zero attached hydrogens (tertiary/aromatic N) is 3. The van der Waals surface area contributed by atoms with Crippen LogP contribution in [0.25, 0.3) is 61.3 Å². The van der Waals surface area contributed by atoms with E-state index in [0.29, 0.717) is 27.9 Å². The molecule has 0 radical (unpaired) electrons. The molecule has 0 aliphatic carbocycles. The molecule has 0 aliphatic heterocycles. The molecule has 0 saturated heterocycles. The predicted molar refractivity (Wildman–Crippen MR) is 170 cm³/mol. The van der Waals surface area contributed by atoms with Crippen molar-refractivity contribution in [3.05, 3.63) is 114 Å². The van der Waals surface area contributed by atoms with Gasteiger partial charge in [0.1, 0.15) is 11.4 Å². The minimum Gasteiger partial charge on any atom is -0.437 e. The molecular weight excluding hydrogens is 502 g/mol. The molecule has 0 saturated carbocycles. The Balaban J connectivity index is 1.61. The summed E-state index contributed by atoms with van der Waals surface area (Å²) >= 11 is 0. The third-order valence-electron chi connectivity index (χ3n) is 7.94. The van der Waals surface area contributed by atoms with Gasteiger partial charge in [-0.3, -0.25) is 4.57 Å². The minimum atomic E-state index is -2.33. The highest BCUT2D eigenvalue weighted by Crippen LogP contribution is 2.42. The van der Waals surface area contributed by atoms with E-state index < -0.39 is 6.85 Å². The van der Waals surface area contributed by atoms with Gasteiger partial charge in [0.2, 0.25) is 5.71 Å². The van der Waals surface area contributed by atoms with Gasteiger partial charge in [-0.25, -0.2) is 9.97 Å². The Kier molecular flexibility index (Phi) is 5.24. The fraction of sp³-hybridized carbons (Fsp3) is 0.189. The summed E-state index contributed by atoms with van der Waals surface area (Å²) in [5.41, 5.74) is 9.53. The number of pyridine rings is 1. The standard InChI is InChI=1S/C37H33N3O/c1-22(2)29-20-26(25-12-7-6-8-13-25)21-30(23(3)4)34(29)40-32-16-10-9-15-31(32)39-36(40)28-18-17-24(5)33-27-14-11-19-38-37(27)41-35(28)33/h6-23H,1-5H3/i5D3. The third kappa shape index (κ3) is 4.05. The lowest BCUT2D eigenvalue weighted by atomic mass is 9.88. The number of imidazole rings is 1. The van der Waals surface area contributed by atoms with E-state index in [1.807, 2.05) is 36.4 Å². The fourth-order valence-electron chi connectivity index (χ4n) is 5.94.